The Kier molecular flexibility index (Phi) is 7.56. The van der Waals surface area contributed by atoms with Crippen LogP contribution in [-0.4, -0.2) is 55.7 Å². The second-order valence-corrected chi connectivity index (χ2v) is 6.68. The van der Waals surface area contributed by atoms with E-state index in [1.807, 2.05) is 12.1 Å². The van der Waals surface area contributed by atoms with Crippen molar-refractivity contribution in [1.82, 2.24) is 15.4 Å². The van der Waals surface area contributed by atoms with Crippen molar-refractivity contribution in [2.45, 2.75) is 43.9 Å². The van der Waals surface area contributed by atoms with Crippen molar-refractivity contribution in [3.8, 4) is 5.88 Å². The third kappa shape index (κ3) is 6.69. The number of nitrogens with one attached hydrogen (secondary N) is 1. The number of carbonyl (C=O) groups is 3. The molecule has 1 amide bonds. The van der Waals surface area contributed by atoms with Crippen molar-refractivity contribution in [2.75, 3.05) is 0 Å². The number of carboxylic acids is 2. The molecule has 13 heteroatoms. The maximum Gasteiger partial charge on any atom is 0.490 e. The average molecular weight is 444 g/mol. The largest absolute Gasteiger partial charge is 0.490 e. The SMILES string of the molecule is NC(=O)c1ccc([C@H]2CC[C@@H](Oc3nn[nH]c3C(=O)O)CC2)cc1.O=C(O)C(F)(F)F. The number of primary amides is 1. The number of carboxylic acid groups (broad SMARTS) is 2. The highest BCUT2D eigenvalue weighted by molar-refractivity contribution is 5.92. The molecule has 1 aliphatic carbocycles. The highest BCUT2D eigenvalue weighted by Gasteiger charge is 2.38. The van der Waals surface area contributed by atoms with Gasteiger partial charge in [-0.2, -0.15) is 13.2 Å². The van der Waals surface area contributed by atoms with Gasteiger partial charge >= 0.3 is 18.1 Å². The topological polar surface area (TPSA) is 168 Å². The molecule has 5 N–H and O–H groups in total. The summed E-state index contributed by atoms with van der Waals surface area (Å²) in [5, 5.41) is 25.6. The van der Waals surface area contributed by atoms with Crippen LogP contribution in [0.4, 0.5) is 13.2 Å². The number of halogens is 3. The number of aromatic amines is 1. The van der Waals surface area contributed by atoms with E-state index in [0.29, 0.717) is 11.5 Å². The molecule has 1 heterocycles. The molecule has 0 radical (unpaired) electrons. The Morgan fingerprint density at radius 3 is 2.06 bits per heavy atom. The average Bonchev–Trinajstić information content (AvgIpc) is 3.17. The van der Waals surface area contributed by atoms with Crippen LogP contribution in [0.5, 0.6) is 5.88 Å². The van der Waals surface area contributed by atoms with Gasteiger partial charge in [0.05, 0.1) is 0 Å². The molecule has 168 valence electrons. The lowest BCUT2D eigenvalue weighted by molar-refractivity contribution is -0.192. The van der Waals surface area contributed by atoms with E-state index in [0.717, 1.165) is 25.7 Å². The number of hydrogen-bond acceptors (Lipinski definition) is 6. The molecule has 1 aromatic carbocycles. The Bertz CT molecular complexity index is 921. The van der Waals surface area contributed by atoms with Gasteiger partial charge in [0.25, 0.3) is 5.88 Å². The fourth-order valence-corrected chi connectivity index (χ4v) is 3.03. The van der Waals surface area contributed by atoms with E-state index in [1.165, 1.54) is 5.56 Å². The van der Waals surface area contributed by atoms with Gasteiger partial charge in [-0.15, -0.1) is 0 Å². The lowest BCUT2D eigenvalue weighted by Crippen LogP contribution is -2.24. The van der Waals surface area contributed by atoms with Gasteiger partial charge in [0.2, 0.25) is 11.6 Å². The number of carbonyl (C=O) groups excluding carboxylic acids is 1. The second kappa shape index (κ2) is 9.91. The maximum absolute atomic E-state index is 11.1. The third-order valence-electron chi connectivity index (χ3n) is 4.59. The van der Waals surface area contributed by atoms with Crippen molar-refractivity contribution in [3.05, 3.63) is 41.1 Å². The summed E-state index contributed by atoms with van der Waals surface area (Å²) in [5.41, 5.74) is 6.80. The number of nitrogens with zero attached hydrogens (tertiary/aromatic N) is 2. The molecule has 0 spiro atoms. The Hall–Kier alpha value is -3.64. The molecule has 1 saturated carbocycles. The highest BCUT2D eigenvalue weighted by Crippen LogP contribution is 2.34. The van der Waals surface area contributed by atoms with E-state index in [9.17, 15) is 22.8 Å². The Morgan fingerprint density at radius 1 is 1.06 bits per heavy atom. The molecule has 3 rings (SSSR count). The Labute approximate surface area is 173 Å². The molecule has 0 saturated heterocycles. The summed E-state index contributed by atoms with van der Waals surface area (Å²) in [6, 6.07) is 7.36. The summed E-state index contributed by atoms with van der Waals surface area (Å²) < 4.78 is 37.4. The summed E-state index contributed by atoms with van der Waals surface area (Å²) in [6.07, 6.45) is -1.72. The van der Waals surface area contributed by atoms with Gasteiger partial charge in [-0.05, 0) is 49.3 Å². The fourth-order valence-electron chi connectivity index (χ4n) is 3.03. The van der Waals surface area contributed by atoms with Crippen molar-refractivity contribution >= 4 is 17.8 Å². The number of benzene rings is 1. The zero-order chi connectivity index (χ0) is 23.2. The summed E-state index contributed by atoms with van der Waals surface area (Å²) in [7, 11) is 0. The monoisotopic (exact) mass is 444 g/mol. The number of alkyl halides is 3. The van der Waals surface area contributed by atoms with E-state index >= 15 is 0 Å². The highest BCUT2D eigenvalue weighted by atomic mass is 19.4. The first-order valence-corrected chi connectivity index (χ1v) is 9.00. The summed E-state index contributed by atoms with van der Waals surface area (Å²) in [4.78, 5) is 31.0. The van der Waals surface area contributed by atoms with Crippen LogP contribution in [0, 0.1) is 0 Å². The van der Waals surface area contributed by atoms with Crippen LogP contribution in [0.25, 0.3) is 0 Å². The van der Waals surface area contributed by atoms with Gasteiger partial charge in [0, 0.05) is 5.56 Å². The van der Waals surface area contributed by atoms with E-state index < -0.39 is 24.0 Å². The van der Waals surface area contributed by atoms with Crippen LogP contribution in [-0.2, 0) is 4.79 Å². The Morgan fingerprint density at radius 2 is 1.61 bits per heavy atom. The van der Waals surface area contributed by atoms with Crippen LogP contribution in [0.2, 0.25) is 0 Å². The van der Waals surface area contributed by atoms with Crippen LogP contribution < -0.4 is 10.5 Å². The first-order valence-electron chi connectivity index (χ1n) is 9.00. The third-order valence-corrected chi connectivity index (χ3v) is 4.59. The molecule has 2 aromatic rings. The first-order chi connectivity index (χ1) is 14.5. The van der Waals surface area contributed by atoms with E-state index in [1.54, 1.807) is 12.1 Å². The van der Waals surface area contributed by atoms with Crippen LogP contribution in [0.3, 0.4) is 0 Å². The van der Waals surface area contributed by atoms with E-state index in [4.69, 9.17) is 25.5 Å². The van der Waals surface area contributed by atoms with Crippen molar-refractivity contribution in [1.29, 1.82) is 0 Å². The number of ether oxygens (including phenoxy) is 1. The molecule has 0 aliphatic heterocycles. The number of nitrogens with two attached hydrogens (primary N) is 1. The van der Waals surface area contributed by atoms with Gasteiger partial charge in [-0.25, -0.2) is 14.7 Å². The summed E-state index contributed by atoms with van der Waals surface area (Å²) in [5.74, 6) is -3.90. The maximum atomic E-state index is 11.1. The normalized spacial score (nSPS) is 18.4. The van der Waals surface area contributed by atoms with Crippen LogP contribution >= 0.6 is 0 Å². The van der Waals surface area contributed by atoms with Crippen LogP contribution in [0.1, 0.15) is 58.0 Å². The fraction of sp³-hybridized carbons (Fsp3) is 0.389. The number of amides is 1. The van der Waals surface area contributed by atoms with Crippen LogP contribution in [0.15, 0.2) is 24.3 Å². The lowest BCUT2D eigenvalue weighted by atomic mass is 9.82. The molecule has 1 aromatic heterocycles. The molecule has 0 bridgehead atoms. The molecule has 0 atom stereocenters. The number of rotatable bonds is 5. The van der Waals surface area contributed by atoms with E-state index in [-0.39, 0.29) is 17.7 Å². The zero-order valence-corrected chi connectivity index (χ0v) is 15.9. The molecule has 31 heavy (non-hydrogen) atoms. The number of aromatic nitrogens is 3. The zero-order valence-electron chi connectivity index (χ0n) is 15.9. The van der Waals surface area contributed by atoms with Crippen molar-refractivity contribution in [3.63, 3.8) is 0 Å². The predicted octanol–water partition coefficient (Wildman–Crippen LogP) is 2.34. The minimum absolute atomic E-state index is 0.0387. The van der Waals surface area contributed by atoms with E-state index in [2.05, 4.69) is 15.4 Å². The molecular formula is C18H19F3N4O6. The Balaban J connectivity index is 0.000000423. The number of H-pyrrole nitrogens is 1. The standard InChI is InChI=1S/C16H18N4O4.C2HF3O2/c17-14(21)11-3-1-9(2-4-11)10-5-7-12(8-6-10)24-15-13(16(22)23)18-20-19-15;3-2(4,5)1(6)7/h1-4,10,12H,5-8H2,(H2,17,21)(H,22,23)(H,18,19,20);(H,6,7)/t10-,12+;. The van der Waals surface area contributed by atoms with Gasteiger partial charge in [-0.1, -0.05) is 22.4 Å². The minimum Gasteiger partial charge on any atom is -0.476 e. The van der Waals surface area contributed by atoms with Gasteiger partial charge in [-0.3, -0.25) is 4.79 Å². The van der Waals surface area contributed by atoms with Crippen molar-refractivity contribution in [2.24, 2.45) is 5.73 Å². The lowest BCUT2D eigenvalue weighted by Gasteiger charge is -2.28. The summed E-state index contributed by atoms with van der Waals surface area (Å²) >= 11 is 0. The summed E-state index contributed by atoms with van der Waals surface area (Å²) in [6.45, 7) is 0. The molecule has 1 fully saturated rings. The molecular weight excluding hydrogens is 425 g/mol. The number of aliphatic carboxylic acids is 1. The van der Waals surface area contributed by atoms with Gasteiger partial charge in [0.1, 0.15) is 6.10 Å². The number of aromatic carboxylic acids is 1. The van der Waals surface area contributed by atoms with Crippen molar-refractivity contribution < 1.29 is 42.5 Å². The van der Waals surface area contributed by atoms with Gasteiger partial charge in [0.15, 0.2) is 0 Å². The second-order valence-electron chi connectivity index (χ2n) is 6.68. The quantitative estimate of drug-likeness (QED) is 0.545. The smallest absolute Gasteiger partial charge is 0.476 e. The first kappa shape index (κ1) is 23.6. The minimum atomic E-state index is -5.08. The predicted molar refractivity (Wildman–Crippen MR) is 97.6 cm³/mol. The van der Waals surface area contributed by atoms with Gasteiger partial charge < -0.3 is 20.7 Å². The molecule has 0 unspecified atom stereocenters. The molecule has 10 nitrogen and oxygen atoms in total. The number of hydrogen-bond donors (Lipinski definition) is 4. The molecule has 1 aliphatic rings.